The van der Waals surface area contributed by atoms with Crippen LogP contribution in [0.25, 0.3) is 22.3 Å². The third kappa shape index (κ3) is 8.01. The Hall–Kier alpha value is -6.62. The van der Waals surface area contributed by atoms with Crippen LogP contribution in [0.5, 0.6) is 5.88 Å². The number of guanidine groups is 1. The molecule has 0 aliphatic carbocycles. The van der Waals surface area contributed by atoms with Crippen LogP contribution in [0.15, 0.2) is 64.5 Å². The molecule has 9 rings (SSSR count). The third-order valence-electron chi connectivity index (χ3n) is 13.0. The molecule has 0 spiro atoms. The summed E-state index contributed by atoms with van der Waals surface area (Å²) < 4.78 is 11.0. The molecule has 17 nitrogen and oxygen atoms in total. The number of rotatable bonds is 6. The number of imide groups is 1. The zero-order chi connectivity index (χ0) is 44.1. The molecule has 2 fully saturated rings. The van der Waals surface area contributed by atoms with Crippen molar-refractivity contribution in [3.05, 3.63) is 87.6 Å². The van der Waals surface area contributed by atoms with Crippen LogP contribution >= 0.6 is 0 Å². The fourth-order valence-corrected chi connectivity index (χ4v) is 9.57. The highest BCUT2D eigenvalue weighted by molar-refractivity contribution is 6.19. The third-order valence-corrected chi connectivity index (χ3v) is 13.0. The number of anilines is 2. The molecule has 4 amide bonds. The first-order valence-corrected chi connectivity index (χ1v) is 21.8. The number of ether oxygens (including phenoxy) is 1. The zero-order valence-electron chi connectivity index (χ0n) is 36.4. The van der Waals surface area contributed by atoms with Crippen LogP contribution in [0, 0.1) is 12.8 Å². The number of benzene rings is 2. The number of aromatic nitrogens is 5. The van der Waals surface area contributed by atoms with E-state index in [9.17, 15) is 24.0 Å². The van der Waals surface area contributed by atoms with E-state index in [2.05, 4.69) is 32.5 Å². The van der Waals surface area contributed by atoms with Gasteiger partial charge in [-0.2, -0.15) is 10.1 Å². The number of piperidine rings is 2. The maximum absolute atomic E-state index is 14.2. The number of hydrogen-bond acceptors (Lipinski definition) is 11. The Morgan fingerprint density at radius 2 is 1.79 bits per heavy atom. The van der Waals surface area contributed by atoms with Crippen molar-refractivity contribution < 1.29 is 23.9 Å². The normalized spacial score (nSPS) is 20.7. The number of imidazole rings is 1. The predicted octanol–water partition coefficient (Wildman–Crippen LogP) is 4.44. The maximum Gasteiger partial charge on any atom is 0.329 e. The van der Waals surface area contributed by atoms with E-state index < -0.39 is 17.9 Å². The van der Waals surface area contributed by atoms with Gasteiger partial charge < -0.3 is 24.8 Å². The van der Waals surface area contributed by atoms with Crippen LogP contribution < -0.4 is 26.0 Å². The van der Waals surface area contributed by atoms with Crippen LogP contribution in [-0.4, -0.2) is 109 Å². The summed E-state index contributed by atoms with van der Waals surface area (Å²) in [4.78, 5) is 81.6. The van der Waals surface area contributed by atoms with Crippen LogP contribution in [0.1, 0.15) is 83.5 Å². The van der Waals surface area contributed by atoms with Crippen LogP contribution in [-0.2, 0) is 30.1 Å². The van der Waals surface area contributed by atoms with E-state index in [0.717, 1.165) is 67.8 Å². The highest BCUT2D eigenvalue weighted by atomic mass is 16.5. The monoisotopic (exact) mass is 855 g/mol. The molecule has 5 aromatic rings. The number of para-hydroxylation sites is 1. The lowest BCUT2D eigenvalue weighted by atomic mass is 10.0. The summed E-state index contributed by atoms with van der Waals surface area (Å²) >= 11 is 0. The van der Waals surface area contributed by atoms with Gasteiger partial charge in [-0.3, -0.25) is 38.6 Å². The summed E-state index contributed by atoms with van der Waals surface area (Å²) in [7, 11) is 5.43. The van der Waals surface area contributed by atoms with Gasteiger partial charge in [0.25, 0.3) is 11.8 Å². The molecule has 2 bridgehead atoms. The van der Waals surface area contributed by atoms with Gasteiger partial charge in [-0.25, -0.2) is 9.48 Å². The zero-order valence-corrected chi connectivity index (χ0v) is 36.4. The van der Waals surface area contributed by atoms with Crippen molar-refractivity contribution in [3.8, 4) is 17.1 Å². The van der Waals surface area contributed by atoms with Crippen molar-refractivity contribution in [1.82, 2.24) is 39.0 Å². The largest absolute Gasteiger partial charge is 0.477 e. The number of carbonyl (C=O) groups is 4. The lowest BCUT2D eigenvalue weighted by molar-refractivity contribution is -0.135. The number of hydrogen-bond donors (Lipinski definition) is 2. The van der Waals surface area contributed by atoms with Gasteiger partial charge in [0.2, 0.25) is 23.7 Å². The average Bonchev–Trinajstić information content (AvgIpc) is 3.89. The second kappa shape index (κ2) is 16.9. The Morgan fingerprint density at radius 1 is 0.984 bits per heavy atom. The molecule has 2 saturated heterocycles. The van der Waals surface area contributed by atoms with E-state index in [1.165, 1.54) is 4.57 Å². The van der Waals surface area contributed by atoms with Gasteiger partial charge in [0, 0.05) is 76.6 Å². The van der Waals surface area contributed by atoms with Gasteiger partial charge >= 0.3 is 5.69 Å². The Labute approximate surface area is 364 Å². The van der Waals surface area contributed by atoms with E-state index in [1.54, 1.807) is 34.6 Å². The Kier molecular flexibility index (Phi) is 11.2. The minimum absolute atomic E-state index is 0.0540. The molecular weight excluding hydrogens is 803 g/mol. The molecule has 2 N–H and O–H groups in total. The molecule has 17 heteroatoms. The van der Waals surface area contributed by atoms with Crippen LogP contribution in [0.4, 0.5) is 11.4 Å². The highest BCUT2D eigenvalue weighted by Crippen LogP contribution is 2.36. The molecule has 0 radical (unpaired) electrons. The second-order valence-electron chi connectivity index (χ2n) is 17.4. The lowest BCUT2D eigenvalue weighted by Gasteiger charge is -2.37. The molecule has 3 aromatic heterocycles. The van der Waals surface area contributed by atoms with Gasteiger partial charge in [-0.05, 0) is 93.3 Å². The average molecular weight is 856 g/mol. The fraction of sp³-hybridized carbons (Fsp3) is 0.435. The fourth-order valence-electron chi connectivity index (χ4n) is 9.57. The van der Waals surface area contributed by atoms with Gasteiger partial charge in [0.15, 0.2) is 0 Å². The van der Waals surface area contributed by atoms with Gasteiger partial charge in [0.1, 0.15) is 6.04 Å². The summed E-state index contributed by atoms with van der Waals surface area (Å²) in [6.07, 6.45) is 6.19. The first kappa shape index (κ1) is 41.7. The molecule has 63 heavy (non-hydrogen) atoms. The molecule has 328 valence electrons. The van der Waals surface area contributed by atoms with Crippen molar-refractivity contribution in [3.63, 3.8) is 0 Å². The number of pyridine rings is 1. The number of aliphatic imine (C=N–C) groups is 1. The van der Waals surface area contributed by atoms with Gasteiger partial charge in [-0.1, -0.05) is 19.1 Å². The Morgan fingerprint density at radius 3 is 2.59 bits per heavy atom. The van der Waals surface area contributed by atoms with Crippen molar-refractivity contribution >= 4 is 52.0 Å². The summed E-state index contributed by atoms with van der Waals surface area (Å²) in [6.45, 7) is 7.49. The molecule has 2 aromatic carbocycles. The van der Waals surface area contributed by atoms with E-state index >= 15 is 0 Å². The smallest absolute Gasteiger partial charge is 0.329 e. The molecule has 0 saturated carbocycles. The lowest BCUT2D eigenvalue weighted by Crippen LogP contribution is -2.46. The van der Waals surface area contributed by atoms with E-state index in [0.29, 0.717) is 71.4 Å². The van der Waals surface area contributed by atoms with E-state index in [-0.39, 0.29) is 35.9 Å². The number of likely N-dealkylation sites (tertiary alicyclic amines) is 1. The summed E-state index contributed by atoms with van der Waals surface area (Å²) in [5, 5.41) is 10.1. The van der Waals surface area contributed by atoms with Gasteiger partial charge in [-0.15, -0.1) is 0 Å². The number of nitrogens with zero attached hydrogens (tertiary/aromatic N) is 9. The first-order chi connectivity index (χ1) is 30.3. The standard InChI is InChI=1S/C46H53N11O6/c1-27-8-7-21-63-44-33(25-47-54(44)5)35-23-31(22-28(2)48-35)41(59)51-45-49-34-12-11-30(24-38(34)56(45)26-27)43(61)52(3)32-16-19-55(20-17-32)18-15-29-9-6-10-36-40(29)53(4)46(62)57(36)37-13-14-39(58)50-42(37)60/h6,9-12,22-25,27,32,37H,7-8,13-21,26H2,1-5H3,(H,49,51,59)(H,50,58,60)/t27-,37?/m1/s1. The number of amides is 4. The molecule has 2 atom stereocenters. The molecule has 4 aliphatic heterocycles. The quantitative estimate of drug-likeness (QED) is 0.231. The molecule has 7 heterocycles. The first-order valence-electron chi connectivity index (χ1n) is 21.8. The molecular formula is C46H53N11O6. The van der Waals surface area contributed by atoms with Crippen molar-refractivity contribution in [2.24, 2.45) is 25.0 Å². The summed E-state index contributed by atoms with van der Waals surface area (Å²) in [5.74, 6) is -0.0183. The van der Waals surface area contributed by atoms with Crippen molar-refractivity contribution in [2.45, 2.75) is 70.9 Å². The van der Waals surface area contributed by atoms with E-state index in [1.807, 2.05) is 67.2 Å². The second-order valence-corrected chi connectivity index (χ2v) is 17.4. The predicted molar refractivity (Wildman–Crippen MR) is 238 cm³/mol. The highest BCUT2D eigenvalue weighted by Gasteiger charge is 2.34. The molecule has 4 aliphatic rings. The van der Waals surface area contributed by atoms with Crippen molar-refractivity contribution in [1.29, 1.82) is 0 Å². The number of carbonyl (C=O) groups excluding carboxylic acids is 4. The van der Waals surface area contributed by atoms with Crippen molar-refractivity contribution in [2.75, 3.05) is 50.1 Å². The summed E-state index contributed by atoms with van der Waals surface area (Å²) in [5.41, 5.74) is 6.74. The SMILES string of the molecule is Cc1cc2cc(n1)-c1cnn(C)c1OCCC[C@@H](C)CN1/C(=N/C2=O)Nc2ccc(C(=O)N(C)C3CCN(CCc4cccc5c4n(C)c(=O)n5C4CCC(=O)NC4=O)CC3)cc21. The minimum atomic E-state index is -0.727. The van der Waals surface area contributed by atoms with Crippen LogP contribution in [0.2, 0.25) is 0 Å². The van der Waals surface area contributed by atoms with E-state index in [4.69, 9.17) is 9.72 Å². The Bertz CT molecular complexity index is 2740. The number of aryl methyl sites for hydroxylation is 3. The number of nitrogens with one attached hydrogen (secondary N) is 2. The maximum atomic E-state index is 14.2. The Balaban J connectivity index is 0.876. The topological polar surface area (TPSA) is 181 Å². The summed E-state index contributed by atoms with van der Waals surface area (Å²) in [6, 6.07) is 14.2. The van der Waals surface area contributed by atoms with Gasteiger partial charge in [0.05, 0.1) is 46.5 Å². The van der Waals surface area contributed by atoms with Crippen LogP contribution in [0.3, 0.4) is 0 Å². The number of fused-ring (bicyclic) bond motifs is 8. The molecule has 1 unspecified atom stereocenters. The minimum Gasteiger partial charge on any atom is -0.477 e.